The molecule has 4 nitrogen and oxygen atoms in total. The minimum Gasteiger partial charge on any atom is -0.306 e. The van der Waals surface area contributed by atoms with Crippen LogP contribution in [0.1, 0.15) is 0 Å². The van der Waals surface area contributed by atoms with Crippen molar-refractivity contribution in [1.82, 2.24) is 5.43 Å². The van der Waals surface area contributed by atoms with E-state index in [1.165, 1.54) is 0 Å². The van der Waals surface area contributed by atoms with Crippen molar-refractivity contribution in [2.45, 2.75) is 0 Å². The molecular weight excluding hydrogens is 188 g/mol. The number of aliphatic imine (C=N–C) groups is 1. The second-order valence-electron chi connectivity index (χ2n) is 3.46. The molecule has 3 rings (SSSR count). The first-order valence-corrected chi connectivity index (χ1v) is 4.76. The van der Waals surface area contributed by atoms with Gasteiger partial charge >= 0.3 is 0 Å². The van der Waals surface area contributed by atoms with Gasteiger partial charge in [-0.1, -0.05) is 12.1 Å². The minimum atomic E-state index is 0.928. The summed E-state index contributed by atoms with van der Waals surface area (Å²) >= 11 is 0. The molecular formula is C11H10N4. The van der Waals surface area contributed by atoms with E-state index in [2.05, 4.69) is 27.6 Å². The van der Waals surface area contributed by atoms with Gasteiger partial charge in [0.25, 0.3) is 0 Å². The first-order chi connectivity index (χ1) is 7.36. The molecule has 0 aliphatic carbocycles. The van der Waals surface area contributed by atoms with Crippen molar-refractivity contribution in [3.8, 4) is 0 Å². The van der Waals surface area contributed by atoms with E-state index in [9.17, 15) is 0 Å². The van der Waals surface area contributed by atoms with Crippen LogP contribution >= 0.6 is 0 Å². The van der Waals surface area contributed by atoms with Gasteiger partial charge in [0.05, 0.1) is 11.0 Å². The Hall–Kier alpha value is -2.10. The molecule has 0 amide bonds. The van der Waals surface area contributed by atoms with Gasteiger partial charge in [-0.25, -0.2) is 9.98 Å². The zero-order chi connectivity index (χ0) is 10.3. The van der Waals surface area contributed by atoms with Crippen molar-refractivity contribution >= 4 is 23.8 Å². The van der Waals surface area contributed by atoms with Crippen LogP contribution < -0.4 is 21.0 Å². The number of hydrogen-bond donors (Lipinski definition) is 1. The SMILES string of the molecule is CN1NC=CC=c2ccc3c(c21)N=CN=3. The molecule has 0 atom stereocenters. The van der Waals surface area contributed by atoms with Crippen molar-refractivity contribution in [1.29, 1.82) is 0 Å². The molecule has 0 spiro atoms. The number of nitrogens with one attached hydrogen (secondary N) is 1. The Labute approximate surface area is 86.9 Å². The van der Waals surface area contributed by atoms with Gasteiger partial charge < -0.3 is 5.43 Å². The van der Waals surface area contributed by atoms with E-state index >= 15 is 0 Å². The number of fused-ring (bicyclic) bond motifs is 3. The molecule has 2 aliphatic rings. The van der Waals surface area contributed by atoms with Gasteiger partial charge in [-0.05, 0) is 12.1 Å². The molecule has 2 heterocycles. The van der Waals surface area contributed by atoms with Crippen LogP contribution in [0.25, 0.3) is 6.08 Å². The van der Waals surface area contributed by atoms with E-state index in [1.807, 2.05) is 30.4 Å². The number of anilines is 1. The highest BCUT2D eigenvalue weighted by Gasteiger charge is 2.12. The Kier molecular flexibility index (Phi) is 1.62. The Morgan fingerprint density at radius 3 is 3.20 bits per heavy atom. The lowest BCUT2D eigenvalue weighted by molar-refractivity contribution is 0.839. The minimum absolute atomic E-state index is 0.928. The quantitative estimate of drug-likeness (QED) is 0.648. The van der Waals surface area contributed by atoms with Crippen molar-refractivity contribution in [3.05, 3.63) is 35.0 Å². The Bertz CT molecular complexity index is 583. The standard InChI is InChI=1S/C11H10N4/c1-15-11-8(3-2-6-14-15)4-5-9-10(11)13-7-12-9/h2-7,14H,1H3. The van der Waals surface area contributed by atoms with Gasteiger partial charge in [0.2, 0.25) is 0 Å². The van der Waals surface area contributed by atoms with Crippen LogP contribution in [-0.4, -0.2) is 13.4 Å². The highest BCUT2D eigenvalue weighted by molar-refractivity contribution is 5.78. The molecule has 1 aromatic carbocycles. The normalized spacial score (nSPS) is 15.9. The molecule has 0 fully saturated rings. The third kappa shape index (κ3) is 1.15. The maximum atomic E-state index is 4.28. The summed E-state index contributed by atoms with van der Waals surface area (Å²) in [6.45, 7) is 0. The zero-order valence-electron chi connectivity index (χ0n) is 8.31. The van der Waals surface area contributed by atoms with Crippen molar-refractivity contribution in [3.63, 3.8) is 0 Å². The number of allylic oxidation sites excluding steroid dienone is 1. The van der Waals surface area contributed by atoms with E-state index < -0.39 is 0 Å². The first-order valence-electron chi connectivity index (χ1n) is 4.76. The third-order valence-corrected chi connectivity index (χ3v) is 2.52. The molecule has 74 valence electrons. The Balaban J connectivity index is 2.41. The number of nitrogens with zero attached hydrogens (tertiary/aromatic N) is 3. The van der Waals surface area contributed by atoms with E-state index in [0.29, 0.717) is 0 Å². The average molecular weight is 198 g/mol. The van der Waals surface area contributed by atoms with Crippen LogP contribution in [0.2, 0.25) is 0 Å². The second-order valence-corrected chi connectivity index (χ2v) is 3.46. The lowest BCUT2D eigenvalue weighted by Crippen LogP contribution is -2.33. The smallest absolute Gasteiger partial charge is 0.117 e. The second kappa shape index (κ2) is 2.95. The Morgan fingerprint density at radius 1 is 1.33 bits per heavy atom. The summed E-state index contributed by atoms with van der Waals surface area (Å²) in [7, 11) is 1.97. The van der Waals surface area contributed by atoms with Gasteiger partial charge in [0.1, 0.15) is 12.0 Å². The maximum absolute atomic E-state index is 4.28. The summed E-state index contributed by atoms with van der Waals surface area (Å²) in [5.74, 6) is 0. The van der Waals surface area contributed by atoms with Crippen LogP contribution in [0.15, 0.2) is 34.4 Å². The van der Waals surface area contributed by atoms with E-state index in [-0.39, 0.29) is 0 Å². The highest BCUT2D eigenvalue weighted by atomic mass is 15.5. The summed E-state index contributed by atoms with van der Waals surface area (Å²) in [6.07, 6.45) is 7.52. The summed E-state index contributed by atoms with van der Waals surface area (Å²) in [5, 5.41) is 4.02. The fourth-order valence-corrected chi connectivity index (χ4v) is 1.82. The number of rotatable bonds is 0. The predicted molar refractivity (Wildman–Crippen MR) is 60.5 cm³/mol. The van der Waals surface area contributed by atoms with Crippen LogP contribution in [0.3, 0.4) is 0 Å². The van der Waals surface area contributed by atoms with Gasteiger partial charge in [0.15, 0.2) is 0 Å². The van der Waals surface area contributed by atoms with Gasteiger partial charge in [0, 0.05) is 18.5 Å². The van der Waals surface area contributed by atoms with E-state index in [0.717, 1.165) is 22.0 Å². The number of hydrogen-bond acceptors (Lipinski definition) is 4. The zero-order valence-corrected chi connectivity index (χ0v) is 8.31. The molecule has 1 aromatic rings. The van der Waals surface area contributed by atoms with Gasteiger partial charge in [-0.3, -0.25) is 5.01 Å². The van der Waals surface area contributed by atoms with E-state index in [4.69, 9.17) is 0 Å². The average Bonchev–Trinajstić information content (AvgIpc) is 2.63. The number of benzene rings is 1. The van der Waals surface area contributed by atoms with Gasteiger partial charge in [-0.2, -0.15) is 0 Å². The fraction of sp³-hybridized carbons (Fsp3) is 0.0909. The largest absolute Gasteiger partial charge is 0.306 e. The fourth-order valence-electron chi connectivity index (χ4n) is 1.82. The molecule has 4 heteroatoms. The molecule has 0 radical (unpaired) electrons. The topological polar surface area (TPSA) is 40.0 Å². The summed E-state index contributed by atoms with van der Waals surface area (Å²) in [6, 6.07) is 4.05. The molecule has 0 unspecified atom stereocenters. The Morgan fingerprint density at radius 2 is 2.27 bits per heavy atom. The molecule has 0 bridgehead atoms. The van der Waals surface area contributed by atoms with Crippen LogP contribution in [0.5, 0.6) is 0 Å². The molecule has 15 heavy (non-hydrogen) atoms. The van der Waals surface area contributed by atoms with Crippen molar-refractivity contribution in [2.75, 3.05) is 12.1 Å². The molecule has 0 aromatic heterocycles. The molecule has 1 N–H and O–H groups in total. The van der Waals surface area contributed by atoms with Crippen molar-refractivity contribution in [2.24, 2.45) is 9.98 Å². The summed E-state index contributed by atoms with van der Waals surface area (Å²) in [5.41, 5.74) is 5.13. The summed E-state index contributed by atoms with van der Waals surface area (Å²) < 4.78 is 0. The first kappa shape index (κ1) is 8.23. The van der Waals surface area contributed by atoms with E-state index in [1.54, 1.807) is 6.34 Å². The third-order valence-electron chi connectivity index (χ3n) is 2.52. The molecule has 0 saturated carbocycles. The maximum Gasteiger partial charge on any atom is 0.117 e. The highest BCUT2D eigenvalue weighted by Crippen LogP contribution is 2.20. The lowest BCUT2D eigenvalue weighted by atomic mass is 10.2. The summed E-state index contributed by atoms with van der Waals surface area (Å²) in [4.78, 5) is 8.48. The van der Waals surface area contributed by atoms with Crippen LogP contribution in [0.4, 0.5) is 11.4 Å². The molecule has 2 aliphatic heterocycles. The predicted octanol–water partition coefficient (Wildman–Crippen LogP) is 0.228. The number of hydrazine groups is 1. The lowest BCUT2D eigenvalue weighted by Gasteiger charge is -2.19. The van der Waals surface area contributed by atoms with Crippen molar-refractivity contribution < 1.29 is 0 Å². The molecule has 0 saturated heterocycles. The van der Waals surface area contributed by atoms with Crippen LogP contribution in [-0.2, 0) is 0 Å². The van der Waals surface area contributed by atoms with Gasteiger partial charge in [-0.15, -0.1) is 0 Å². The monoisotopic (exact) mass is 198 g/mol. The van der Waals surface area contributed by atoms with Crippen LogP contribution in [0, 0.1) is 0 Å².